The zero-order valence-electron chi connectivity index (χ0n) is 12.4. The molecule has 2 heterocycles. The predicted molar refractivity (Wildman–Crippen MR) is 83.9 cm³/mol. The van der Waals surface area contributed by atoms with Gasteiger partial charge in [0.2, 0.25) is 10.0 Å². The van der Waals surface area contributed by atoms with Crippen LogP contribution < -0.4 is 0 Å². The molecule has 0 spiro atoms. The fraction of sp³-hybridized carbons (Fsp3) is 0.600. The third-order valence-corrected chi connectivity index (χ3v) is 8.30. The molecule has 3 nitrogen and oxygen atoms in total. The van der Waals surface area contributed by atoms with Crippen molar-refractivity contribution in [3.8, 4) is 0 Å². The summed E-state index contributed by atoms with van der Waals surface area (Å²) in [5.74, 6) is 0.951. The Hall–Kier alpha value is -0.520. The van der Waals surface area contributed by atoms with Crippen molar-refractivity contribution >= 4 is 21.8 Å². The molecule has 0 aromatic heterocycles. The van der Waals surface area contributed by atoms with Crippen molar-refractivity contribution in [1.82, 2.24) is 4.31 Å². The monoisotopic (exact) mass is 311 g/mol. The second kappa shape index (κ2) is 4.75. The predicted octanol–water partition coefficient (Wildman–Crippen LogP) is 2.80. The van der Waals surface area contributed by atoms with Gasteiger partial charge < -0.3 is 0 Å². The number of benzene rings is 1. The number of thioether (sulfide) groups is 1. The molecule has 2 atom stereocenters. The summed E-state index contributed by atoms with van der Waals surface area (Å²) in [5.41, 5.74) is 3.93. The summed E-state index contributed by atoms with van der Waals surface area (Å²) >= 11 is 1.92. The van der Waals surface area contributed by atoms with Gasteiger partial charge in [-0.15, -0.1) is 0 Å². The molecule has 0 aliphatic carbocycles. The topological polar surface area (TPSA) is 37.4 Å². The van der Waals surface area contributed by atoms with Gasteiger partial charge in [0.15, 0.2) is 0 Å². The SMILES string of the molecule is Cc1cc(C)c(C)c(S(=O)(=O)N2CC3CC2CS3)c1C. The number of fused-ring (bicyclic) bond motifs is 2. The minimum atomic E-state index is -3.36. The van der Waals surface area contributed by atoms with Crippen LogP contribution in [0.15, 0.2) is 11.0 Å². The van der Waals surface area contributed by atoms with Crippen molar-refractivity contribution in [2.75, 3.05) is 12.3 Å². The first-order valence-corrected chi connectivity index (χ1v) is 9.52. The largest absolute Gasteiger partial charge is 0.243 e. The second-order valence-electron chi connectivity index (χ2n) is 6.01. The van der Waals surface area contributed by atoms with E-state index < -0.39 is 10.0 Å². The standard InChI is InChI=1S/C15H21NO2S2/c1-9-5-10(2)12(4)15(11(9)3)20(17,18)16-7-14-6-13(16)8-19-14/h5,13-14H,6-8H2,1-4H3. The van der Waals surface area contributed by atoms with Crippen LogP contribution in [-0.4, -0.2) is 36.3 Å². The highest BCUT2D eigenvalue weighted by Gasteiger charge is 2.45. The Morgan fingerprint density at radius 3 is 2.20 bits per heavy atom. The summed E-state index contributed by atoms with van der Waals surface area (Å²) in [7, 11) is -3.36. The zero-order chi connectivity index (χ0) is 14.7. The zero-order valence-corrected chi connectivity index (χ0v) is 14.1. The van der Waals surface area contributed by atoms with Gasteiger partial charge in [-0.25, -0.2) is 8.42 Å². The normalized spacial score (nSPS) is 26.4. The molecule has 0 N–H and O–H groups in total. The van der Waals surface area contributed by atoms with Crippen molar-refractivity contribution in [2.24, 2.45) is 0 Å². The van der Waals surface area contributed by atoms with Crippen LogP contribution in [-0.2, 0) is 10.0 Å². The molecule has 2 fully saturated rings. The summed E-state index contributed by atoms with van der Waals surface area (Å²) < 4.78 is 27.9. The smallest absolute Gasteiger partial charge is 0.207 e. The number of hydrogen-bond acceptors (Lipinski definition) is 3. The lowest BCUT2D eigenvalue weighted by atomic mass is 10.0. The van der Waals surface area contributed by atoms with Gasteiger partial charge in [-0.1, -0.05) is 6.07 Å². The molecule has 110 valence electrons. The number of sulfonamides is 1. The molecule has 2 unspecified atom stereocenters. The summed E-state index contributed by atoms with van der Waals surface area (Å²) in [6.45, 7) is 8.53. The van der Waals surface area contributed by atoms with Crippen molar-refractivity contribution < 1.29 is 8.42 Å². The second-order valence-corrected chi connectivity index (χ2v) is 9.17. The minimum absolute atomic E-state index is 0.203. The molecule has 0 radical (unpaired) electrons. The highest BCUT2D eigenvalue weighted by atomic mass is 32.2. The average Bonchev–Trinajstić information content (AvgIpc) is 2.99. The van der Waals surface area contributed by atoms with E-state index in [2.05, 4.69) is 6.07 Å². The van der Waals surface area contributed by atoms with Gasteiger partial charge in [0, 0.05) is 23.6 Å². The summed E-state index contributed by atoms with van der Waals surface area (Å²) in [6.07, 6.45) is 1.02. The van der Waals surface area contributed by atoms with E-state index >= 15 is 0 Å². The van der Waals surface area contributed by atoms with Gasteiger partial charge in [-0.2, -0.15) is 16.1 Å². The highest BCUT2D eigenvalue weighted by molar-refractivity contribution is 8.00. The maximum Gasteiger partial charge on any atom is 0.243 e. The molecule has 2 bridgehead atoms. The molecular formula is C15H21NO2S2. The van der Waals surface area contributed by atoms with E-state index in [1.165, 1.54) is 0 Å². The van der Waals surface area contributed by atoms with Crippen LogP contribution in [0.5, 0.6) is 0 Å². The maximum absolute atomic E-state index is 13.1. The van der Waals surface area contributed by atoms with Crippen LogP contribution >= 0.6 is 11.8 Å². The first kappa shape index (κ1) is 14.4. The van der Waals surface area contributed by atoms with Crippen molar-refractivity contribution in [3.63, 3.8) is 0 Å². The van der Waals surface area contributed by atoms with Crippen LogP contribution in [0.3, 0.4) is 0 Å². The van der Waals surface area contributed by atoms with E-state index in [1.54, 1.807) is 4.31 Å². The Balaban J connectivity index is 2.13. The molecule has 3 rings (SSSR count). The lowest BCUT2D eigenvalue weighted by Crippen LogP contribution is -2.39. The number of aryl methyl sites for hydroxylation is 2. The van der Waals surface area contributed by atoms with Crippen LogP contribution in [0.25, 0.3) is 0 Å². The first-order chi connectivity index (χ1) is 9.32. The van der Waals surface area contributed by atoms with Crippen molar-refractivity contribution in [1.29, 1.82) is 0 Å². The van der Waals surface area contributed by atoms with Gasteiger partial charge in [0.25, 0.3) is 0 Å². The third kappa shape index (κ3) is 2.02. The summed E-state index contributed by atoms with van der Waals surface area (Å²) in [5, 5.41) is 0.501. The molecule has 2 saturated heterocycles. The van der Waals surface area contributed by atoms with E-state index in [0.29, 0.717) is 16.7 Å². The quantitative estimate of drug-likeness (QED) is 0.843. The average molecular weight is 311 g/mol. The molecule has 20 heavy (non-hydrogen) atoms. The molecule has 1 aromatic rings. The van der Waals surface area contributed by atoms with Crippen LogP contribution in [0.2, 0.25) is 0 Å². The van der Waals surface area contributed by atoms with E-state index in [0.717, 1.165) is 34.4 Å². The Labute approximate surface area is 125 Å². The van der Waals surface area contributed by atoms with Crippen LogP contribution in [0.4, 0.5) is 0 Å². The number of rotatable bonds is 2. The van der Waals surface area contributed by atoms with E-state index in [1.807, 2.05) is 39.5 Å². The van der Waals surface area contributed by atoms with Gasteiger partial charge in [0.05, 0.1) is 4.90 Å². The molecule has 1 aromatic carbocycles. The molecule has 2 aliphatic heterocycles. The molecular weight excluding hydrogens is 290 g/mol. The molecule has 5 heteroatoms. The van der Waals surface area contributed by atoms with E-state index in [-0.39, 0.29) is 6.04 Å². The Morgan fingerprint density at radius 2 is 1.75 bits per heavy atom. The lowest BCUT2D eigenvalue weighted by Gasteiger charge is -2.28. The first-order valence-electron chi connectivity index (χ1n) is 7.03. The molecule has 0 saturated carbocycles. The Morgan fingerprint density at radius 1 is 1.15 bits per heavy atom. The lowest BCUT2D eigenvalue weighted by molar-refractivity contribution is 0.409. The number of nitrogens with zero attached hydrogens (tertiary/aromatic N) is 1. The molecule has 2 aliphatic rings. The molecule has 0 amide bonds. The highest BCUT2D eigenvalue weighted by Crippen LogP contribution is 2.41. The Kier molecular flexibility index (Phi) is 3.42. The van der Waals surface area contributed by atoms with E-state index in [9.17, 15) is 8.42 Å². The third-order valence-electron chi connectivity index (χ3n) is 4.71. The van der Waals surface area contributed by atoms with Crippen molar-refractivity contribution in [3.05, 3.63) is 28.3 Å². The van der Waals surface area contributed by atoms with Gasteiger partial charge >= 0.3 is 0 Å². The summed E-state index contributed by atoms with van der Waals surface area (Å²) in [6, 6.07) is 2.28. The fourth-order valence-corrected chi connectivity index (χ4v) is 7.23. The minimum Gasteiger partial charge on any atom is -0.207 e. The van der Waals surface area contributed by atoms with Crippen molar-refractivity contribution in [2.45, 2.75) is 50.3 Å². The fourth-order valence-electron chi connectivity index (χ4n) is 3.34. The van der Waals surface area contributed by atoms with Gasteiger partial charge in [-0.3, -0.25) is 0 Å². The number of hydrogen-bond donors (Lipinski definition) is 0. The van der Waals surface area contributed by atoms with E-state index in [4.69, 9.17) is 0 Å². The maximum atomic E-state index is 13.1. The van der Waals surface area contributed by atoms with Gasteiger partial charge in [-0.05, 0) is 56.4 Å². The van der Waals surface area contributed by atoms with Gasteiger partial charge in [0.1, 0.15) is 0 Å². The van der Waals surface area contributed by atoms with Crippen LogP contribution in [0.1, 0.15) is 28.7 Å². The van der Waals surface area contributed by atoms with Crippen LogP contribution in [0, 0.1) is 27.7 Å². The summed E-state index contributed by atoms with van der Waals surface area (Å²) in [4.78, 5) is 0.549. The Bertz CT molecular complexity index is 641.